The summed E-state index contributed by atoms with van der Waals surface area (Å²) in [6.07, 6.45) is 0.886. The number of hydrogen-bond donors (Lipinski definition) is 3. The Labute approximate surface area is 190 Å². The lowest BCUT2D eigenvalue weighted by atomic mass is 9.97. The van der Waals surface area contributed by atoms with Gasteiger partial charge in [-0.1, -0.05) is 66.2 Å². The van der Waals surface area contributed by atoms with E-state index in [1.54, 1.807) is 42.5 Å². The van der Waals surface area contributed by atoms with Gasteiger partial charge in [0.25, 0.3) is 5.91 Å². The van der Waals surface area contributed by atoms with Crippen LogP contribution in [0.25, 0.3) is 11.1 Å². The average molecular weight is 448 g/mol. The number of carbonyl (C=O) groups excluding carboxylic acids is 1. The number of carbonyl (C=O) groups is 2. The minimum Gasteiger partial charge on any atom is -0.480 e. The first-order valence-corrected chi connectivity index (χ1v) is 10.6. The summed E-state index contributed by atoms with van der Waals surface area (Å²) in [6, 6.07) is 20.1. The summed E-state index contributed by atoms with van der Waals surface area (Å²) < 4.78 is 0. The van der Waals surface area contributed by atoms with Crippen molar-refractivity contribution in [1.29, 1.82) is 5.41 Å². The highest BCUT2D eigenvalue weighted by molar-refractivity contribution is 6.31. The monoisotopic (exact) mass is 447 g/mol. The van der Waals surface area contributed by atoms with Gasteiger partial charge in [-0.25, -0.2) is 4.79 Å². The van der Waals surface area contributed by atoms with Crippen LogP contribution in [-0.4, -0.2) is 33.8 Å². The average Bonchev–Trinajstić information content (AvgIpc) is 3.24. The minimum atomic E-state index is -1.03. The highest BCUT2D eigenvalue weighted by Gasteiger charge is 2.42. The minimum absolute atomic E-state index is 0.0373. The number of halogens is 1. The molecule has 2 atom stereocenters. The van der Waals surface area contributed by atoms with Gasteiger partial charge in [0, 0.05) is 16.1 Å². The molecule has 162 valence electrons. The first-order valence-electron chi connectivity index (χ1n) is 10.2. The number of aliphatic carboxylic acids is 1. The standard InChI is InChI=1S/C25H22ClN3O3/c26-20-8-4-3-7-19(20)21-13-14-22(25(31)32)29(21)24(30)16-11-9-15(10-12-16)17-5-1-2-6-18(17)23(27)28/h1-12,21-22H,13-14H2,(H3,27,28)(H,31,32)/t21-,22+/m1/s1. The Morgan fingerprint density at radius 2 is 1.62 bits per heavy atom. The summed E-state index contributed by atoms with van der Waals surface area (Å²) >= 11 is 6.36. The molecule has 0 spiro atoms. The smallest absolute Gasteiger partial charge is 0.326 e. The number of amides is 1. The van der Waals surface area contributed by atoms with E-state index in [9.17, 15) is 14.7 Å². The lowest BCUT2D eigenvalue weighted by molar-refractivity contribution is -0.141. The van der Waals surface area contributed by atoms with Gasteiger partial charge in [-0.15, -0.1) is 0 Å². The van der Waals surface area contributed by atoms with Crippen LogP contribution in [0.4, 0.5) is 0 Å². The van der Waals surface area contributed by atoms with E-state index in [1.807, 2.05) is 30.3 Å². The molecule has 32 heavy (non-hydrogen) atoms. The summed E-state index contributed by atoms with van der Waals surface area (Å²) in [6.45, 7) is 0. The number of likely N-dealkylation sites (tertiary alicyclic amines) is 1. The number of carboxylic acid groups (broad SMARTS) is 1. The van der Waals surface area contributed by atoms with E-state index in [1.165, 1.54) is 4.90 Å². The molecule has 1 amide bonds. The van der Waals surface area contributed by atoms with E-state index in [4.69, 9.17) is 22.7 Å². The maximum absolute atomic E-state index is 13.4. The van der Waals surface area contributed by atoms with Crippen LogP contribution in [-0.2, 0) is 4.79 Å². The molecule has 1 fully saturated rings. The van der Waals surface area contributed by atoms with Gasteiger partial charge >= 0.3 is 5.97 Å². The van der Waals surface area contributed by atoms with Crippen molar-refractivity contribution in [2.45, 2.75) is 24.9 Å². The van der Waals surface area contributed by atoms with Gasteiger partial charge in [-0.2, -0.15) is 0 Å². The summed E-state index contributed by atoms with van der Waals surface area (Å²) in [5.41, 5.74) is 9.04. The first kappa shape index (κ1) is 21.6. The Hall–Kier alpha value is -3.64. The van der Waals surface area contributed by atoms with Crippen molar-refractivity contribution in [2.24, 2.45) is 5.73 Å². The molecule has 0 radical (unpaired) electrons. The number of nitrogens with one attached hydrogen (secondary N) is 1. The van der Waals surface area contributed by atoms with Crippen molar-refractivity contribution >= 4 is 29.3 Å². The molecular formula is C25H22ClN3O3. The lowest BCUT2D eigenvalue weighted by Gasteiger charge is -2.29. The SMILES string of the molecule is N=C(N)c1ccccc1-c1ccc(C(=O)N2[C@@H](c3ccccc3Cl)CC[C@H]2C(=O)O)cc1. The van der Waals surface area contributed by atoms with Crippen molar-refractivity contribution in [3.63, 3.8) is 0 Å². The van der Waals surface area contributed by atoms with Crippen LogP contribution >= 0.6 is 11.6 Å². The van der Waals surface area contributed by atoms with Gasteiger partial charge in [0.1, 0.15) is 11.9 Å². The van der Waals surface area contributed by atoms with Crippen LogP contribution in [0.3, 0.4) is 0 Å². The van der Waals surface area contributed by atoms with Gasteiger partial charge in [0.05, 0.1) is 6.04 Å². The third kappa shape index (κ3) is 3.97. The molecule has 0 saturated carbocycles. The molecule has 0 unspecified atom stereocenters. The summed E-state index contributed by atoms with van der Waals surface area (Å²) in [5.74, 6) is -1.42. The number of benzene rings is 3. The highest BCUT2D eigenvalue weighted by Crippen LogP contribution is 2.40. The summed E-state index contributed by atoms with van der Waals surface area (Å²) in [5, 5.41) is 18.0. The fourth-order valence-corrected chi connectivity index (χ4v) is 4.56. The van der Waals surface area contributed by atoms with Crippen molar-refractivity contribution in [3.8, 4) is 11.1 Å². The number of hydrogen-bond acceptors (Lipinski definition) is 3. The lowest BCUT2D eigenvalue weighted by Crippen LogP contribution is -2.41. The van der Waals surface area contributed by atoms with E-state index in [-0.39, 0.29) is 11.7 Å². The number of nitrogens with zero attached hydrogens (tertiary/aromatic N) is 1. The highest BCUT2D eigenvalue weighted by atomic mass is 35.5. The molecule has 1 heterocycles. The number of carboxylic acids is 1. The Morgan fingerprint density at radius 1 is 0.969 bits per heavy atom. The van der Waals surface area contributed by atoms with Crippen LogP contribution in [0.5, 0.6) is 0 Å². The van der Waals surface area contributed by atoms with Crippen molar-refractivity contribution in [3.05, 3.63) is 94.5 Å². The predicted octanol–water partition coefficient (Wildman–Crippen LogP) is 4.72. The Kier molecular flexibility index (Phi) is 5.97. The zero-order valence-electron chi connectivity index (χ0n) is 17.2. The van der Waals surface area contributed by atoms with Gasteiger partial charge in [0.2, 0.25) is 0 Å². The van der Waals surface area contributed by atoms with E-state index < -0.39 is 18.1 Å². The summed E-state index contributed by atoms with van der Waals surface area (Å²) in [4.78, 5) is 26.8. The van der Waals surface area contributed by atoms with Crippen LogP contribution in [0.1, 0.15) is 40.4 Å². The maximum Gasteiger partial charge on any atom is 0.326 e. The number of nitrogens with two attached hydrogens (primary N) is 1. The molecule has 1 aliphatic rings. The Morgan fingerprint density at radius 3 is 2.28 bits per heavy atom. The Balaban J connectivity index is 1.68. The van der Waals surface area contributed by atoms with Crippen LogP contribution in [0.2, 0.25) is 5.02 Å². The quantitative estimate of drug-likeness (QED) is 0.388. The van der Waals surface area contributed by atoms with E-state index in [0.29, 0.717) is 29.0 Å². The van der Waals surface area contributed by atoms with Crippen molar-refractivity contribution in [2.75, 3.05) is 0 Å². The second-order valence-corrected chi connectivity index (χ2v) is 8.12. The van der Waals surface area contributed by atoms with Crippen LogP contribution < -0.4 is 5.73 Å². The zero-order chi connectivity index (χ0) is 22.8. The number of rotatable bonds is 5. The van der Waals surface area contributed by atoms with Crippen LogP contribution in [0, 0.1) is 5.41 Å². The predicted molar refractivity (Wildman–Crippen MR) is 124 cm³/mol. The van der Waals surface area contributed by atoms with E-state index >= 15 is 0 Å². The Bertz CT molecular complexity index is 1190. The summed E-state index contributed by atoms with van der Waals surface area (Å²) in [7, 11) is 0. The topological polar surface area (TPSA) is 107 Å². The molecule has 3 aromatic rings. The van der Waals surface area contributed by atoms with Gasteiger partial charge in [-0.05, 0) is 47.7 Å². The van der Waals surface area contributed by atoms with Crippen molar-refractivity contribution in [1.82, 2.24) is 4.90 Å². The molecular weight excluding hydrogens is 426 g/mol. The molecule has 6 nitrogen and oxygen atoms in total. The zero-order valence-corrected chi connectivity index (χ0v) is 17.9. The molecule has 0 aliphatic carbocycles. The second kappa shape index (κ2) is 8.85. The first-order chi connectivity index (χ1) is 15.4. The van der Waals surface area contributed by atoms with Crippen molar-refractivity contribution < 1.29 is 14.7 Å². The molecule has 3 aromatic carbocycles. The molecule has 1 aliphatic heterocycles. The molecule has 4 rings (SSSR count). The molecule has 0 aromatic heterocycles. The van der Waals surface area contributed by atoms with Crippen LogP contribution in [0.15, 0.2) is 72.8 Å². The fourth-order valence-electron chi connectivity index (χ4n) is 4.30. The fraction of sp³-hybridized carbons (Fsp3) is 0.160. The van der Waals surface area contributed by atoms with Gasteiger partial charge in [-0.3, -0.25) is 10.2 Å². The van der Waals surface area contributed by atoms with Gasteiger partial charge in [0.15, 0.2) is 0 Å². The molecule has 1 saturated heterocycles. The number of amidine groups is 1. The largest absolute Gasteiger partial charge is 0.480 e. The van der Waals surface area contributed by atoms with E-state index in [0.717, 1.165) is 16.7 Å². The number of nitrogen functional groups attached to an aromatic ring is 1. The third-order valence-electron chi connectivity index (χ3n) is 5.83. The van der Waals surface area contributed by atoms with Gasteiger partial charge < -0.3 is 15.7 Å². The third-order valence-corrected chi connectivity index (χ3v) is 6.17. The van der Waals surface area contributed by atoms with E-state index in [2.05, 4.69) is 0 Å². The molecule has 4 N–H and O–H groups in total. The molecule has 7 heteroatoms. The maximum atomic E-state index is 13.4. The second-order valence-electron chi connectivity index (χ2n) is 7.72. The molecule has 0 bridgehead atoms. The normalized spacial score (nSPS) is 17.8.